The Morgan fingerprint density at radius 2 is 0.657 bits per heavy atom. The van der Waals surface area contributed by atoms with Crippen LogP contribution in [0.4, 0.5) is 0 Å². The summed E-state index contributed by atoms with van der Waals surface area (Å²) in [5.41, 5.74) is 0. The molecule has 0 aliphatic heterocycles. The first-order valence-electron chi connectivity index (χ1n) is 30.6. The molecule has 0 heterocycles. The first kappa shape index (κ1) is 66.0. The van der Waals surface area contributed by atoms with Crippen LogP contribution in [0.2, 0.25) is 0 Å². The number of esters is 1. The van der Waals surface area contributed by atoms with Gasteiger partial charge in [0.1, 0.15) is 6.61 Å². The lowest BCUT2D eigenvalue weighted by atomic mass is 9.91. The Morgan fingerprint density at radius 1 is 0.358 bits per heavy atom. The second kappa shape index (κ2) is 55.9. The molecule has 2 atom stereocenters. The molecular formula is C61H121NO5. The van der Waals surface area contributed by atoms with E-state index in [1.807, 2.05) is 0 Å². The van der Waals surface area contributed by atoms with Gasteiger partial charge in [0.25, 0.3) is 0 Å². The van der Waals surface area contributed by atoms with E-state index in [-0.39, 0.29) is 17.8 Å². The number of nitrogens with zero attached hydrogens (tertiary/aromatic N) is 1. The molecule has 0 aliphatic carbocycles. The molecule has 0 aromatic carbocycles. The normalized spacial score (nSPS) is 12.6. The molecule has 6 heteroatoms. The number of aliphatic hydroxyl groups is 1. The summed E-state index contributed by atoms with van der Waals surface area (Å²) in [7, 11) is 0. The number of carbonyl (C=O) groups is 2. The maximum atomic E-state index is 13.0. The van der Waals surface area contributed by atoms with Crippen molar-refractivity contribution in [3.05, 3.63) is 0 Å². The van der Waals surface area contributed by atoms with Crippen molar-refractivity contribution in [2.24, 2.45) is 11.8 Å². The van der Waals surface area contributed by atoms with Crippen molar-refractivity contribution in [3.63, 3.8) is 0 Å². The van der Waals surface area contributed by atoms with Crippen LogP contribution in [0, 0.1) is 11.8 Å². The summed E-state index contributed by atoms with van der Waals surface area (Å²) in [6.07, 6.45) is 57.4. The standard InChI is InChI=1S/C61H121NO5/c1-5-9-13-17-31-39-48-58(47-37-15-11-7-3)60(64)57-66-55-45-35-29-25-21-19-23-27-33-41-51-62(53-43-44-54-63)52-42-34-28-24-20-22-26-30-36-46-56-67-61(65)59(49-38-16-12-8-4)50-40-32-18-14-10-6-2/h58-59,63H,5-57H2,1-4H3. The van der Waals surface area contributed by atoms with Crippen molar-refractivity contribution in [1.29, 1.82) is 0 Å². The number of Topliss-reactive ketones (excluding diaryl/α,β-unsaturated/α-hetero) is 1. The van der Waals surface area contributed by atoms with Gasteiger partial charge in [-0.1, -0.05) is 259 Å². The highest BCUT2D eigenvalue weighted by Gasteiger charge is 2.20. The van der Waals surface area contributed by atoms with Crippen LogP contribution in [-0.2, 0) is 19.1 Å². The molecule has 1 N–H and O–H groups in total. The number of unbranched alkanes of at least 4 members (excludes halogenated alkanes) is 35. The lowest BCUT2D eigenvalue weighted by Gasteiger charge is -2.22. The highest BCUT2D eigenvalue weighted by Crippen LogP contribution is 2.23. The van der Waals surface area contributed by atoms with Crippen LogP contribution in [-0.4, -0.2) is 67.8 Å². The number of ether oxygens (including phenoxy) is 2. The Labute approximate surface area is 420 Å². The van der Waals surface area contributed by atoms with E-state index in [1.54, 1.807) is 0 Å². The van der Waals surface area contributed by atoms with E-state index < -0.39 is 0 Å². The molecule has 0 radical (unpaired) electrons. The maximum absolute atomic E-state index is 13.0. The van der Waals surface area contributed by atoms with Gasteiger partial charge in [0.15, 0.2) is 5.78 Å². The summed E-state index contributed by atoms with van der Waals surface area (Å²) in [6, 6.07) is 0. The highest BCUT2D eigenvalue weighted by atomic mass is 16.5. The molecule has 0 rings (SSSR count). The highest BCUT2D eigenvalue weighted by molar-refractivity contribution is 5.82. The summed E-state index contributed by atoms with van der Waals surface area (Å²) in [4.78, 5) is 28.6. The fourth-order valence-corrected chi connectivity index (χ4v) is 9.99. The predicted molar refractivity (Wildman–Crippen MR) is 292 cm³/mol. The van der Waals surface area contributed by atoms with Crippen molar-refractivity contribution in [2.75, 3.05) is 46.1 Å². The van der Waals surface area contributed by atoms with Crippen molar-refractivity contribution in [1.82, 2.24) is 4.90 Å². The molecule has 0 aromatic heterocycles. The van der Waals surface area contributed by atoms with Gasteiger partial charge in [0.05, 0.1) is 12.5 Å². The quantitative estimate of drug-likeness (QED) is 0.0484. The topological polar surface area (TPSA) is 76.1 Å². The average Bonchev–Trinajstić information content (AvgIpc) is 3.33. The van der Waals surface area contributed by atoms with Gasteiger partial charge in [0.2, 0.25) is 0 Å². The molecule has 0 spiro atoms. The van der Waals surface area contributed by atoms with E-state index in [2.05, 4.69) is 32.6 Å². The predicted octanol–water partition coefficient (Wildman–Crippen LogP) is 18.7. The Hall–Kier alpha value is -0.980. The SMILES string of the molecule is CCCCCCCCC(CCCCCC)C(=O)COCCCCCCCCCCCCN(CCCCO)CCCCCCCCCCCCOC(=O)C(CCCCCC)CCCCCCCC. The molecule has 400 valence electrons. The third-order valence-corrected chi connectivity index (χ3v) is 14.7. The van der Waals surface area contributed by atoms with Gasteiger partial charge in [-0.3, -0.25) is 9.59 Å². The van der Waals surface area contributed by atoms with E-state index in [0.29, 0.717) is 25.6 Å². The minimum Gasteiger partial charge on any atom is -0.465 e. The fourth-order valence-electron chi connectivity index (χ4n) is 9.99. The summed E-state index contributed by atoms with van der Waals surface area (Å²) in [5.74, 6) is 0.789. The van der Waals surface area contributed by atoms with Crippen molar-refractivity contribution < 1.29 is 24.2 Å². The van der Waals surface area contributed by atoms with Crippen molar-refractivity contribution in [3.8, 4) is 0 Å². The number of rotatable bonds is 58. The Bertz CT molecular complexity index is 975. The molecule has 0 saturated carbocycles. The minimum absolute atomic E-state index is 0.0845. The Morgan fingerprint density at radius 3 is 1.04 bits per heavy atom. The number of carbonyl (C=O) groups excluding carboxylic acids is 2. The van der Waals surface area contributed by atoms with Gasteiger partial charge < -0.3 is 19.5 Å². The van der Waals surface area contributed by atoms with E-state index in [9.17, 15) is 14.7 Å². The lowest BCUT2D eigenvalue weighted by Crippen LogP contribution is -2.27. The van der Waals surface area contributed by atoms with E-state index in [1.165, 1.54) is 257 Å². The molecule has 6 nitrogen and oxygen atoms in total. The Kier molecular flexibility index (Phi) is 55.1. The third-order valence-electron chi connectivity index (χ3n) is 14.7. The zero-order valence-corrected chi connectivity index (χ0v) is 46.2. The van der Waals surface area contributed by atoms with Crippen LogP contribution in [0.25, 0.3) is 0 Å². The van der Waals surface area contributed by atoms with Crippen LogP contribution < -0.4 is 0 Å². The maximum Gasteiger partial charge on any atom is 0.308 e. The smallest absolute Gasteiger partial charge is 0.308 e. The molecule has 0 bridgehead atoms. The van der Waals surface area contributed by atoms with Gasteiger partial charge in [-0.15, -0.1) is 0 Å². The molecule has 0 amide bonds. The number of hydrogen-bond donors (Lipinski definition) is 1. The molecule has 0 fully saturated rings. The molecule has 2 unspecified atom stereocenters. The van der Waals surface area contributed by atoms with Gasteiger partial charge in [-0.25, -0.2) is 0 Å². The number of hydrogen-bond acceptors (Lipinski definition) is 6. The zero-order valence-electron chi connectivity index (χ0n) is 46.2. The van der Waals surface area contributed by atoms with E-state index >= 15 is 0 Å². The van der Waals surface area contributed by atoms with Gasteiger partial charge in [0, 0.05) is 19.1 Å². The Balaban J connectivity index is 3.94. The average molecular weight is 949 g/mol. The molecule has 0 saturated heterocycles. The summed E-state index contributed by atoms with van der Waals surface area (Å²) in [6.45, 7) is 14.6. The second-order valence-corrected chi connectivity index (χ2v) is 21.2. The van der Waals surface area contributed by atoms with Gasteiger partial charge in [-0.2, -0.15) is 0 Å². The molecule has 0 aromatic rings. The molecule has 67 heavy (non-hydrogen) atoms. The van der Waals surface area contributed by atoms with Gasteiger partial charge in [-0.05, 0) is 83.8 Å². The first-order valence-corrected chi connectivity index (χ1v) is 30.6. The van der Waals surface area contributed by atoms with Crippen LogP contribution >= 0.6 is 0 Å². The summed E-state index contributed by atoms with van der Waals surface area (Å²) >= 11 is 0. The summed E-state index contributed by atoms with van der Waals surface area (Å²) in [5, 5.41) is 9.35. The van der Waals surface area contributed by atoms with Crippen LogP contribution in [0.5, 0.6) is 0 Å². The zero-order chi connectivity index (χ0) is 48.8. The number of ketones is 1. The van der Waals surface area contributed by atoms with Crippen molar-refractivity contribution in [2.45, 2.75) is 323 Å². The third kappa shape index (κ3) is 48.4. The van der Waals surface area contributed by atoms with E-state index in [4.69, 9.17) is 9.47 Å². The van der Waals surface area contributed by atoms with Crippen LogP contribution in [0.3, 0.4) is 0 Å². The van der Waals surface area contributed by atoms with E-state index in [0.717, 1.165) is 64.5 Å². The number of aliphatic hydroxyl groups excluding tert-OH is 1. The van der Waals surface area contributed by atoms with Crippen LogP contribution in [0.15, 0.2) is 0 Å². The van der Waals surface area contributed by atoms with Crippen molar-refractivity contribution >= 4 is 11.8 Å². The molecular weight excluding hydrogens is 827 g/mol. The molecule has 0 aliphatic rings. The van der Waals surface area contributed by atoms with Gasteiger partial charge >= 0.3 is 5.97 Å². The lowest BCUT2D eigenvalue weighted by molar-refractivity contribution is -0.149. The second-order valence-electron chi connectivity index (χ2n) is 21.2. The first-order chi connectivity index (χ1) is 33.0. The fraction of sp³-hybridized carbons (Fsp3) is 0.967. The van der Waals surface area contributed by atoms with Crippen LogP contribution in [0.1, 0.15) is 323 Å². The largest absolute Gasteiger partial charge is 0.465 e. The minimum atomic E-state index is 0.0845. The summed E-state index contributed by atoms with van der Waals surface area (Å²) < 4.78 is 11.7. The monoisotopic (exact) mass is 948 g/mol.